The normalized spacial score (nSPS) is 14.1. The van der Waals surface area contributed by atoms with Crippen molar-refractivity contribution in [2.45, 2.75) is 33.1 Å². The van der Waals surface area contributed by atoms with Gasteiger partial charge in [0.15, 0.2) is 5.96 Å². The summed E-state index contributed by atoms with van der Waals surface area (Å²) >= 11 is 0. The van der Waals surface area contributed by atoms with Crippen molar-refractivity contribution in [2.75, 3.05) is 31.1 Å². The van der Waals surface area contributed by atoms with Crippen LogP contribution < -0.4 is 10.6 Å². The molecule has 120 valence electrons. The molecule has 0 spiro atoms. The van der Waals surface area contributed by atoms with E-state index in [1.807, 2.05) is 28.0 Å². The van der Waals surface area contributed by atoms with Crippen LogP contribution in [0.4, 0.5) is 5.69 Å². The summed E-state index contributed by atoms with van der Waals surface area (Å²) in [5.41, 5.74) is 8.25. The summed E-state index contributed by atoms with van der Waals surface area (Å²) in [6.45, 7) is 7.22. The summed E-state index contributed by atoms with van der Waals surface area (Å²) in [5.74, 6) is 0.755. The van der Waals surface area contributed by atoms with Crippen molar-refractivity contribution in [1.82, 2.24) is 4.90 Å². The van der Waals surface area contributed by atoms with Gasteiger partial charge in [-0.3, -0.25) is 9.79 Å². The molecular weight excluding hydrogens is 276 g/mol. The molecular formula is C17H26N4O. The lowest BCUT2D eigenvalue weighted by atomic mass is 10.2. The lowest BCUT2D eigenvalue weighted by Gasteiger charge is -2.19. The average molecular weight is 302 g/mol. The molecule has 0 unspecified atom stereocenters. The number of aliphatic imine (C=N–C) groups is 1. The van der Waals surface area contributed by atoms with Gasteiger partial charge in [-0.15, -0.1) is 0 Å². The van der Waals surface area contributed by atoms with Crippen molar-refractivity contribution < 1.29 is 4.79 Å². The summed E-state index contributed by atoms with van der Waals surface area (Å²) in [4.78, 5) is 20.6. The molecule has 1 aliphatic heterocycles. The highest BCUT2D eigenvalue weighted by Gasteiger charge is 2.23. The van der Waals surface area contributed by atoms with E-state index in [4.69, 9.17) is 5.73 Å². The topological polar surface area (TPSA) is 61.9 Å². The van der Waals surface area contributed by atoms with Crippen molar-refractivity contribution in [3.8, 4) is 0 Å². The van der Waals surface area contributed by atoms with Gasteiger partial charge in [-0.2, -0.15) is 0 Å². The maximum absolute atomic E-state index is 12.3. The first-order chi connectivity index (χ1) is 10.7. The number of carbonyl (C=O) groups excluding carboxylic acids is 1. The fraction of sp³-hybridized carbons (Fsp3) is 0.529. The maximum atomic E-state index is 12.3. The molecule has 2 N–H and O–H groups in total. The van der Waals surface area contributed by atoms with Gasteiger partial charge in [0.25, 0.3) is 0 Å². The van der Waals surface area contributed by atoms with Crippen molar-refractivity contribution in [1.29, 1.82) is 0 Å². The monoisotopic (exact) mass is 302 g/mol. The fourth-order valence-corrected chi connectivity index (χ4v) is 2.80. The third kappa shape index (κ3) is 3.78. The summed E-state index contributed by atoms with van der Waals surface area (Å²) in [6, 6.07) is 8.13. The second kappa shape index (κ2) is 7.82. The lowest BCUT2D eigenvalue weighted by Crippen LogP contribution is -2.37. The third-order valence-electron chi connectivity index (χ3n) is 4.10. The molecule has 0 saturated heterocycles. The molecule has 0 radical (unpaired) electrons. The molecule has 5 heteroatoms. The SMILES string of the molecule is CCN(CC)C(N)=NCCCC(=O)N1CCc2ccccc21. The predicted octanol–water partition coefficient (Wildman–Crippen LogP) is 2.01. The molecule has 0 aliphatic carbocycles. The zero-order valence-electron chi connectivity index (χ0n) is 13.6. The number of amides is 1. The number of benzene rings is 1. The van der Waals surface area contributed by atoms with E-state index in [9.17, 15) is 4.79 Å². The van der Waals surface area contributed by atoms with Gasteiger partial charge in [0.1, 0.15) is 0 Å². The number of guanidine groups is 1. The Bertz CT molecular complexity index is 537. The summed E-state index contributed by atoms with van der Waals surface area (Å²) < 4.78 is 0. The number of nitrogens with zero attached hydrogens (tertiary/aromatic N) is 3. The third-order valence-corrected chi connectivity index (χ3v) is 4.10. The van der Waals surface area contributed by atoms with Crippen molar-refractivity contribution in [3.05, 3.63) is 29.8 Å². The fourth-order valence-electron chi connectivity index (χ4n) is 2.80. The molecule has 1 aromatic rings. The zero-order valence-corrected chi connectivity index (χ0v) is 13.6. The van der Waals surface area contributed by atoms with Crippen LogP contribution in [0.15, 0.2) is 29.3 Å². The molecule has 0 atom stereocenters. The number of hydrogen-bond donors (Lipinski definition) is 1. The van der Waals surface area contributed by atoms with E-state index in [1.54, 1.807) is 0 Å². The van der Waals surface area contributed by atoms with Crippen LogP contribution in [-0.2, 0) is 11.2 Å². The Kier molecular flexibility index (Phi) is 5.81. The van der Waals surface area contributed by atoms with Crippen LogP contribution >= 0.6 is 0 Å². The molecule has 1 amide bonds. The van der Waals surface area contributed by atoms with Gasteiger partial charge in [-0.25, -0.2) is 0 Å². The molecule has 0 fully saturated rings. The highest BCUT2D eigenvalue weighted by molar-refractivity contribution is 5.95. The molecule has 2 rings (SSSR count). The van der Waals surface area contributed by atoms with E-state index in [0.717, 1.165) is 38.2 Å². The van der Waals surface area contributed by atoms with Gasteiger partial charge in [0.05, 0.1) is 0 Å². The highest BCUT2D eigenvalue weighted by atomic mass is 16.2. The van der Waals surface area contributed by atoms with Crippen LogP contribution in [0.5, 0.6) is 0 Å². The second-order valence-corrected chi connectivity index (χ2v) is 5.44. The van der Waals surface area contributed by atoms with Crippen LogP contribution in [0.3, 0.4) is 0 Å². The van der Waals surface area contributed by atoms with Gasteiger partial charge < -0.3 is 15.5 Å². The van der Waals surface area contributed by atoms with Gasteiger partial charge in [0, 0.05) is 38.3 Å². The largest absolute Gasteiger partial charge is 0.370 e. The Morgan fingerprint density at radius 1 is 1.32 bits per heavy atom. The number of para-hydroxylation sites is 1. The summed E-state index contributed by atoms with van der Waals surface area (Å²) in [5, 5.41) is 0. The first-order valence-electron chi connectivity index (χ1n) is 8.10. The molecule has 1 aliphatic rings. The number of carbonyl (C=O) groups is 1. The zero-order chi connectivity index (χ0) is 15.9. The lowest BCUT2D eigenvalue weighted by molar-refractivity contribution is -0.118. The van der Waals surface area contributed by atoms with Crippen molar-refractivity contribution >= 4 is 17.6 Å². The Labute approximate surface area is 132 Å². The van der Waals surface area contributed by atoms with Crippen molar-refractivity contribution in [2.24, 2.45) is 10.7 Å². The van der Waals surface area contributed by atoms with Crippen molar-refractivity contribution in [3.63, 3.8) is 0 Å². The van der Waals surface area contributed by atoms with Gasteiger partial charge >= 0.3 is 0 Å². The molecule has 0 bridgehead atoms. The van der Waals surface area contributed by atoms with E-state index < -0.39 is 0 Å². The van der Waals surface area contributed by atoms with Gasteiger partial charge in [-0.1, -0.05) is 18.2 Å². The van der Waals surface area contributed by atoms with E-state index in [2.05, 4.69) is 24.9 Å². The molecule has 0 aromatic heterocycles. The quantitative estimate of drug-likeness (QED) is 0.497. The molecule has 0 saturated carbocycles. The Morgan fingerprint density at radius 2 is 2.05 bits per heavy atom. The Morgan fingerprint density at radius 3 is 2.77 bits per heavy atom. The first-order valence-corrected chi connectivity index (χ1v) is 8.10. The number of hydrogen-bond acceptors (Lipinski definition) is 2. The van der Waals surface area contributed by atoms with Gasteiger partial charge in [-0.05, 0) is 38.3 Å². The van der Waals surface area contributed by atoms with Crippen LogP contribution in [0.2, 0.25) is 0 Å². The number of fused-ring (bicyclic) bond motifs is 1. The van der Waals surface area contributed by atoms with Crippen LogP contribution in [0, 0.1) is 0 Å². The predicted molar refractivity (Wildman–Crippen MR) is 91.1 cm³/mol. The molecule has 22 heavy (non-hydrogen) atoms. The van der Waals surface area contributed by atoms with Gasteiger partial charge in [0.2, 0.25) is 5.91 Å². The number of rotatable bonds is 6. The Balaban J connectivity index is 1.81. The Hall–Kier alpha value is -2.04. The first kappa shape index (κ1) is 16.3. The minimum Gasteiger partial charge on any atom is -0.370 e. The van der Waals surface area contributed by atoms with E-state index in [1.165, 1.54) is 5.56 Å². The minimum atomic E-state index is 0.182. The van der Waals surface area contributed by atoms with Crippen LogP contribution in [-0.4, -0.2) is 42.9 Å². The smallest absolute Gasteiger partial charge is 0.227 e. The summed E-state index contributed by atoms with van der Waals surface area (Å²) in [6.07, 6.45) is 2.21. The summed E-state index contributed by atoms with van der Waals surface area (Å²) in [7, 11) is 0. The minimum absolute atomic E-state index is 0.182. The maximum Gasteiger partial charge on any atom is 0.227 e. The average Bonchev–Trinajstić information content (AvgIpc) is 2.96. The molecule has 1 heterocycles. The van der Waals surface area contributed by atoms with E-state index in [-0.39, 0.29) is 5.91 Å². The molecule has 5 nitrogen and oxygen atoms in total. The second-order valence-electron chi connectivity index (χ2n) is 5.44. The number of nitrogens with two attached hydrogens (primary N) is 1. The molecule has 1 aromatic carbocycles. The number of anilines is 1. The van der Waals surface area contributed by atoms with Crippen LogP contribution in [0.25, 0.3) is 0 Å². The van der Waals surface area contributed by atoms with E-state index >= 15 is 0 Å². The standard InChI is InChI=1S/C17H26N4O/c1-3-20(4-2)17(18)19-12-7-10-16(22)21-13-11-14-8-5-6-9-15(14)21/h5-6,8-9H,3-4,7,10-13H2,1-2H3,(H2,18,19). The van der Waals surface area contributed by atoms with E-state index in [0.29, 0.717) is 18.9 Å². The van der Waals surface area contributed by atoms with Crippen LogP contribution in [0.1, 0.15) is 32.3 Å². The highest BCUT2D eigenvalue weighted by Crippen LogP contribution is 2.27.